The van der Waals surface area contributed by atoms with Crippen LogP contribution in [0, 0.1) is 0 Å². The number of carbonyl (C=O) groups excluding carboxylic acids is 4. The quantitative estimate of drug-likeness (QED) is 0.108. The molecule has 178 valence electrons. The Morgan fingerprint density at radius 1 is 0.903 bits per heavy atom. The lowest BCUT2D eigenvalue weighted by atomic mass is 10.1. The average molecular weight is 448 g/mol. The van der Waals surface area contributed by atoms with Gasteiger partial charge in [0.15, 0.2) is 0 Å². The number of carbonyl (C=O) groups is 5. The molecule has 0 saturated heterocycles. The molecule has 0 saturated carbocycles. The number of primary amides is 1. The van der Waals surface area contributed by atoms with E-state index in [-0.39, 0.29) is 6.42 Å². The summed E-state index contributed by atoms with van der Waals surface area (Å²) in [7, 11) is 0. The predicted molar refractivity (Wildman–Crippen MR) is 107 cm³/mol. The van der Waals surface area contributed by atoms with Gasteiger partial charge in [0.1, 0.15) is 24.2 Å². The number of rotatable bonds is 15. The summed E-state index contributed by atoms with van der Waals surface area (Å²) in [5.74, 6) is -5.25. The molecule has 0 aliphatic rings. The highest BCUT2D eigenvalue weighted by atomic mass is 16.4. The molecule has 5 atom stereocenters. The third kappa shape index (κ3) is 10.7. The summed E-state index contributed by atoms with van der Waals surface area (Å²) in [6.45, 7) is 0.699. The second-order valence-electron chi connectivity index (χ2n) is 6.93. The molecule has 0 rings (SSSR count). The topological polar surface area (TPSA) is 260 Å². The van der Waals surface area contributed by atoms with Crippen molar-refractivity contribution in [3.63, 3.8) is 0 Å². The van der Waals surface area contributed by atoms with Crippen LogP contribution in [0.4, 0.5) is 0 Å². The van der Waals surface area contributed by atoms with Gasteiger partial charge in [-0.3, -0.25) is 19.2 Å². The van der Waals surface area contributed by atoms with Gasteiger partial charge in [0.05, 0.1) is 19.1 Å². The maximum Gasteiger partial charge on any atom is 0.326 e. The highest BCUT2D eigenvalue weighted by molar-refractivity contribution is 5.96. The Bertz CT molecular complexity index is 644. The monoisotopic (exact) mass is 448 g/mol. The number of carboxylic acids is 1. The molecule has 14 heteroatoms. The van der Waals surface area contributed by atoms with Crippen LogP contribution in [-0.4, -0.2) is 88.3 Å². The molecule has 0 bridgehead atoms. The first-order chi connectivity index (χ1) is 14.4. The molecule has 0 aliphatic carbocycles. The minimum absolute atomic E-state index is 0.0853. The van der Waals surface area contributed by atoms with Crippen LogP contribution in [-0.2, 0) is 24.0 Å². The van der Waals surface area contributed by atoms with Gasteiger partial charge < -0.3 is 48.5 Å². The summed E-state index contributed by atoms with van der Waals surface area (Å²) in [6.07, 6.45) is -0.841. The Hall–Kier alpha value is -2.81. The molecular weight excluding hydrogens is 416 g/mol. The predicted octanol–water partition coefficient (Wildman–Crippen LogP) is -4.77. The first-order valence-electron chi connectivity index (χ1n) is 9.61. The van der Waals surface area contributed by atoms with Crippen LogP contribution >= 0.6 is 0 Å². The Morgan fingerprint density at radius 3 is 1.87 bits per heavy atom. The van der Waals surface area contributed by atoms with E-state index in [4.69, 9.17) is 17.2 Å². The molecule has 0 aromatic rings. The van der Waals surface area contributed by atoms with E-state index in [1.165, 1.54) is 6.92 Å². The van der Waals surface area contributed by atoms with Crippen LogP contribution in [0.5, 0.6) is 0 Å². The summed E-state index contributed by atoms with van der Waals surface area (Å²) >= 11 is 0. The molecule has 0 heterocycles. The van der Waals surface area contributed by atoms with Gasteiger partial charge in [-0.2, -0.15) is 0 Å². The van der Waals surface area contributed by atoms with Crippen molar-refractivity contribution in [1.29, 1.82) is 0 Å². The number of aliphatic hydroxyl groups is 2. The molecule has 5 unspecified atom stereocenters. The molecule has 0 aromatic heterocycles. The summed E-state index contributed by atoms with van der Waals surface area (Å²) < 4.78 is 0. The van der Waals surface area contributed by atoms with Crippen LogP contribution in [0.1, 0.15) is 32.6 Å². The van der Waals surface area contributed by atoms with Gasteiger partial charge in [-0.25, -0.2) is 4.79 Å². The summed E-state index contributed by atoms with van der Waals surface area (Å²) in [5, 5.41) is 34.5. The van der Waals surface area contributed by atoms with Crippen LogP contribution in [0.25, 0.3) is 0 Å². The molecular formula is C17H32N6O8. The number of hydrogen-bond donors (Lipinski definition) is 9. The largest absolute Gasteiger partial charge is 0.480 e. The van der Waals surface area contributed by atoms with E-state index < -0.39 is 72.9 Å². The van der Waals surface area contributed by atoms with Gasteiger partial charge in [0, 0.05) is 0 Å². The lowest BCUT2D eigenvalue weighted by molar-refractivity contribution is -0.143. The zero-order chi connectivity index (χ0) is 24.1. The van der Waals surface area contributed by atoms with E-state index in [1.54, 1.807) is 0 Å². The number of nitrogens with one attached hydrogen (secondary N) is 3. The first-order valence-corrected chi connectivity index (χ1v) is 9.61. The zero-order valence-corrected chi connectivity index (χ0v) is 17.2. The van der Waals surface area contributed by atoms with E-state index in [0.29, 0.717) is 19.4 Å². The van der Waals surface area contributed by atoms with Gasteiger partial charge >= 0.3 is 5.97 Å². The molecule has 0 radical (unpaired) electrons. The molecule has 4 amide bonds. The van der Waals surface area contributed by atoms with E-state index in [1.807, 2.05) is 0 Å². The summed E-state index contributed by atoms with van der Waals surface area (Å²) in [5.41, 5.74) is 15.9. The number of carboxylic acid groups (broad SMARTS) is 1. The Morgan fingerprint density at radius 2 is 1.42 bits per heavy atom. The van der Waals surface area contributed by atoms with Crippen LogP contribution in [0.15, 0.2) is 0 Å². The standard InChI is InChI=1S/C17H32N6O8/c1-8(25)13(20)16(29)22-10(6-12(19)26)14(27)23-11(7-24)15(28)21-9(17(30)31)4-2-3-5-18/h8-11,13,24-25H,2-7,18,20H2,1H3,(H2,19,26)(H,21,28)(H,22,29)(H,23,27)(H,30,31). The maximum absolute atomic E-state index is 12.5. The Balaban J connectivity index is 5.20. The minimum atomic E-state index is -1.57. The van der Waals surface area contributed by atoms with Gasteiger partial charge in [-0.1, -0.05) is 0 Å². The molecule has 12 N–H and O–H groups in total. The lowest BCUT2D eigenvalue weighted by Gasteiger charge is -2.24. The van der Waals surface area contributed by atoms with Gasteiger partial charge in [0.25, 0.3) is 0 Å². The van der Waals surface area contributed by atoms with E-state index >= 15 is 0 Å². The van der Waals surface area contributed by atoms with Crippen LogP contribution in [0.2, 0.25) is 0 Å². The molecule has 0 spiro atoms. The smallest absolute Gasteiger partial charge is 0.326 e. The Kier molecular flexibility index (Phi) is 12.9. The fourth-order valence-corrected chi connectivity index (χ4v) is 2.39. The normalized spacial score (nSPS) is 15.6. The average Bonchev–Trinajstić information content (AvgIpc) is 2.69. The van der Waals surface area contributed by atoms with Crippen molar-refractivity contribution >= 4 is 29.6 Å². The third-order valence-electron chi connectivity index (χ3n) is 4.24. The Labute approximate surface area is 178 Å². The number of hydrogen-bond acceptors (Lipinski definition) is 9. The number of nitrogens with two attached hydrogens (primary N) is 3. The SMILES string of the molecule is CC(O)C(N)C(=O)NC(CC(N)=O)C(=O)NC(CO)C(=O)NC(CCCCN)C(=O)O. The van der Waals surface area contributed by atoms with Crippen molar-refractivity contribution in [3.05, 3.63) is 0 Å². The second kappa shape index (κ2) is 14.2. The number of amides is 4. The minimum Gasteiger partial charge on any atom is -0.480 e. The van der Waals surface area contributed by atoms with Crippen molar-refractivity contribution in [2.24, 2.45) is 17.2 Å². The lowest BCUT2D eigenvalue weighted by Crippen LogP contribution is -2.59. The van der Waals surface area contributed by atoms with Crippen molar-refractivity contribution in [2.75, 3.05) is 13.2 Å². The molecule has 14 nitrogen and oxygen atoms in total. The van der Waals surface area contributed by atoms with E-state index in [2.05, 4.69) is 16.0 Å². The summed E-state index contributed by atoms with van der Waals surface area (Å²) in [4.78, 5) is 59.3. The molecule has 0 aliphatic heterocycles. The van der Waals surface area contributed by atoms with E-state index in [0.717, 1.165) is 0 Å². The van der Waals surface area contributed by atoms with Crippen molar-refractivity contribution in [1.82, 2.24) is 16.0 Å². The van der Waals surface area contributed by atoms with Crippen LogP contribution < -0.4 is 33.2 Å². The molecule has 0 fully saturated rings. The molecule has 0 aromatic carbocycles. The number of unbranched alkanes of at least 4 members (excludes halogenated alkanes) is 1. The molecule has 31 heavy (non-hydrogen) atoms. The second-order valence-corrected chi connectivity index (χ2v) is 6.93. The first kappa shape index (κ1) is 28.2. The van der Waals surface area contributed by atoms with E-state index in [9.17, 15) is 39.3 Å². The number of aliphatic hydroxyl groups excluding tert-OH is 2. The number of aliphatic carboxylic acids is 1. The zero-order valence-electron chi connectivity index (χ0n) is 17.2. The maximum atomic E-state index is 12.5. The van der Waals surface area contributed by atoms with Crippen molar-refractivity contribution in [3.8, 4) is 0 Å². The summed E-state index contributed by atoms with van der Waals surface area (Å²) in [6, 6.07) is -5.78. The fraction of sp³-hybridized carbons (Fsp3) is 0.706. The highest BCUT2D eigenvalue weighted by Gasteiger charge is 2.31. The fourth-order valence-electron chi connectivity index (χ4n) is 2.39. The van der Waals surface area contributed by atoms with Gasteiger partial charge in [-0.15, -0.1) is 0 Å². The third-order valence-corrected chi connectivity index (χ3v) is 4.24. The highest BCUT2D eigenvalue weighted by Crippen LogP contribution is 2.02. The van der Waals surface area contributed by atoms with Crippen LogP contribution in [0.3, 0.4) is 0 Å². The van der Waals surface area contributed by atoms with Crippen molar-refractivity contribution in [2.45, 2.75) is 62.9 Å². The van der Waals surface area contributed by atoms with Crippen molar-refractivity contribution < 1.29 is 39.3 Å². The van der Waals surface area contributed by atoms with Gasteiger partial charge in [-0.05, 0) is 32.7 Å². The van der Waals surface area contributed by atoms with Gasteiger partial charge in [0.2, 0.25) is 23.6 Å².